The van der Waals surface area contributed by atoms with Crippen molar-refractivity contribution in [3.63, 3.8) is 0 Å². The first kappa shape index (κ1) is 11.0. The van der Waals surface area contributed by atoms with Crippen LogP contribution in [0.2, 0.25) is 5.02 Å². The summed E-state index contributed by atoms with van der Waals surface area (Å²) in [5.41, 5.74) is 2.74. The van der Waals surface area contributed by atoms with Crippen LogP contribution in [0.4, 0.5) is 0 Å². The summed E-state index contributed by atoms with van der Waals surface area (Å²) in [6.07, 6.45) is 1.86. The molecule has 1 amide bonds. The van der Waals surface area contributed by atoms with Gasteiger partial charge in [-0.1, -0.05) is 23.7 Å². The summed E-state index contributed by atoms with van der Waals surface area (Å²) in [6.45, 7) is 0. The van der Waals surface area contributed by atoms with Crippen LogP contribution in [0, 0.1) is 0 Å². The van der Waals surface area contributed by atoms with E-state index in [4.69, 9.17) is 16.8 Å². The van der Waals surface area contributed by atoms with Crippen LogP contribution < -0.4 is 5.48 Å². The Morgan fingerprint density at radius 2 is 2.00 bits per heavy atom. The number of nitrogens with one attached hydrogen (secondary N) is 1. The number of hydrogen-bond acceptors (Lipinski definition) is 2. The van der Waals surface area contributed by atoms with Crippen molar-refractivity contribution in [3.8, 4) is 0 Å². The molecular weight excluding hydrogens is 202 g/mol. The molecule has 2 N–H and O–H groups in total. The second kappa shape index (κ2) is 5.62. The zero-order valence-electron chi connectivity index (χ0n) is 7.66. The Morgan fingerprint density at radius 3 is 2.57 bits per heavy atom. The van der Waals surface area contributed by atoms with E-state index in [1.165, 1.54) is 0 Å². The molecule has 3 nitrogen and oxygen atoms in total. The first-order valence-electron chi connectivity index (χ1n) is 4.40. The van der Waals surface area contributed by atoms with E-state index in [0.29, 0.717) is 17.9 Å². The normalized spacial score (nSPS) is 9.86. The first-order chi connectivity index (χ1) is 6.72. The van der Waals surface area contributed by atoms with E-state index in [1.54, 1.807) is 5.48 Å². The van der Waals surface area contributed by atoms with E-state index in [2.05, 4.69) is 0 Å². The van der Waals surface area contributed by atoms with Gasteiger partial charge in [0, 0.05) is 11.4 Å². The summed E-state index contributed by atoms with van der Waals surface area (Å²) >= 11 is 5.72. The highest BCUT2D eigenvalue weighted by Crippen LogP contribution is 2.11. The molecule has 0 aliphatic rings. The lowest BCUT2D eigenvalue weighted by Crippen LogP contribution is -2.18. The van der Waals surface area contributed by atoms with Gasteiger partial charge in [0.1, 0.15) is 0 Å². The van der Waals surface area contributed by atoms with Crippen LogP contribution >= 0.6 is 11.6 Å². The molecule has 0 fully saturated rings. The average Bonchev–Trinajstić information content (AvgIpc) is 2.21. The molecule has 0 aromatic heterocycles. The maximum atomic E-state index is 10.7. The van der Waals surface area contributed by atoms with Crippen LogP contribution in [0.5, 0.6) is 0 Å². The number of hydrogen-bond donors (Lipinski definition) is 2. The van der Waals surface area contributed by atoms with Gasteiger partial charge in [-0.15, -0.1) is 0 Å². The zero-order valence-corrected chi connectivity index (χ0v) is 8.42. The van der Waals surface area contributed by atoms with Crippen molar-refractivity contribution in [2.45, 2.75) is 19.3 Å². The third-order valence-corrected chi connectivity index (χ3v) is 2.16. The molecule has 0 saturated heterocycles. The molecule has 0 radical (unpaired) electrons. The number of benzene rings is 1. The Kier molecular flexibility index (Phi) is 4.43. The van der Waals surface area contributed by atoms with Gasteiger partial charge in [-0.05, 0) is 30.5 Å². The highest BCUT2D eigenvalue weighted by atomic mass is 35.5. The fraction of sp³-hybridized carbons (Fsp3) is 0.300. The molecule has 0 atom stereocenters. The maximum absolute atomic E-state index is 10.7. The lowest BCUT2D eigenvalue weighted by molar-refractivity contribution is -0.129. The number of rotatable bonds is 4. The first-order valence-corrected chi connectivity index (χ1v) is 4.77. The predicted molar refractivity (Wildman–Crippen MR) is 54.3 cm³/mol. The summed E-state index contributed by atoms with van der Waals surface area (Å²) in [5, 5.41) is 8.96. The summed E-state index contributed by atoms with van der Waals surface area (Å²) in [4.78, 5) is 10.7. The molecule has 0 aliphatic carbocycles. The number of amides is 1. The van der Waals surface area contributed by atoms with Crippen molar-refractivity contribution in [3.05, 3.63) is 34.9 Å². The SMILES string of the molecule is O=C(CCCc1ccc(Cl)cc1)NO. The van der Waals surface area contributed by atoms with Crippen molar-refractivity contribution in [1.82, 2.24) is 5.48 Å². The molecule has 4 heteroatoms. The molecule has 0 heterocycles. The monoisotopic (exact) mass is 213 g/mol. The van der Waals surface area contributed by atoms with Gasteiger partial charge < -0.3 is 0 Å². The standard InChI is InChI=1S/C10H12ClNO2/c11-9-6-4-8(5-7-9)2-1-3-10(13)12-14/h4-7,14H,1-3H2,(H,12,13). The Labute approximate surface area is 87.7 Å². The Hall–Kier alpha value is -1.06. The van der Waals surface area contributed by atoms with E-state index in [0.717, 1.165) is 12.0 Å². The molecular formula is C10H12ClNO2. The quantitative estimate of drug-likeness (QED) is 0.595. The van der Waals surface area contributed by atoms with Crippen LogP contribution in [-0.2, 0) is 11.2 Å². The van der Waals surface area contributed by atoms with Crippen molar-refractivity contribution in [1.29, 1.82) is 0 Å². The third-order valence-electron chi connectivity index (χ3n) is 1.91. The maximum Gasteiger partial charge on any atom is 0.243 e. The molecule has 1 rings (SSSR count). The van der Waals surface area contributed by atoms with Crippen LogP contribution in [0.25, 0.3) is 0 Å². The van der Waals surface area contributed by atoms with Crippen molar-refractivity contribution in [2.24, 2.45) is 0 Å². The second-order valence-corrected chi connectivity index (χ2v) is 3.45. The summed E-state index contributed by atoms with van der Waals surface area (Å²) in [7, 11) is 0. The average molecular weight is 214 g/mol. The predicted octanol–water partition coefficient (Wildman–Crippen LogP) is 2.17. The molecule has 1 aromatic carbocycles. The molecule has 0 spiro atoms. The molecule has 76 valence electrons. The van der Waals surface area contributed by atoms with Crippen LogP contribution in [0.3, 0.4) is 0 Å². The lowest BCUT2D eigenvalue weighted by Gasteiger charge is -2.00. The van der Waals surface area contributed by atoms with Gasteiger partial charge in [-0.3, -0.25) is 10.0 Å². The minimum atomic E-state index is -0.348. The van der Waals surface area contributed by atoms with Crippen molar-refractivity contribution in [2.75, 3.05) is 0 Å². The summed E-state index contributed by atoms with van der Waals surface area (Å²) < 4.78 is 0. The van der Waals surface area contributed by atoms with Gasteiger partial charge in [0.25, 0.3) is 0 Å². The molecule has 0 bridgehead atoms. The minimum absolute atomic E-state index is 0.332. The second-order valence-electron chi connectivity index (χ2n) is 3.01. The van der Waals surface area contributed by atoms with Crippen molar-refractivity contribution < 1.29 is 10.0 Å². The van der Waals surface area contributed by atoms with E-state index < -0.39 is 0 Å². The number of hydroxylamine groups is 1. The molecule has 0 unspecified atom stereocenters. The van der Waals surface area contributed by atoms with Gasteiger partial charge in [0.2, 0.25) is 5.91 Å². The van der Waals surface area contributed by atoms with Crippen molar-refractivity contribution >= 4 is 17.5 Å². The molecule has 14 heavy (non-hydrogen) atoms. The smallest absolute Gasteiger partial charge is 0.243 e. The number of carbonyl (C=O) groups excluding carboxylic acids is 1. The largest absolute Gasteiger partial charge is 0.289 e. The molecule has 1 aromatic rings. The van der Waals surface area contributed by atoms with Gasteiger partial charge in [-0.2, -0.15) is 0 Å². The lowest BCUT2D eigenvalue weighted by atomic mass is 10.1. The third kappa shape index (κ3) is 3.77. The van der Waals surface area contributed by atoms with Crippen LogP contribution in [0.1, 0.15) is 18.4 Å². The van der Waals surface area contributed by atoms with E-state index in [-0.39, 0.29) is 5.91 Å². The Bertz CT molecular complexity index is 297. The highest BCUT2D eigenvalue weighted by molar-refractivity contribution is 6.30. The highest BCUT2D eigenvalue weighted by Gasteiger charge is 1.99. The van der Waals surface area contributed by atoms with Gasteiger partial charge in [0.15, 0.2) is 0 Å². The number of aryl methyl sites for hydroxylation is 1. The van der Waals surface area contributed by atoms with E-state index in [1.807, 2.05) is 24.3 Å². The fourth-order valence-electron chi connectivity index (χ4n) is 1.16. The van der Waals surface area contributed by atoms with Gasteiger partial charge in [-0.25, -0.2) is 5.48 Å². The van der Waals surface area contributed by atoms with Gasteiger partial charge >= 0.3 is 0 Å². The van der Waals surface area contributed by atoms with E-state index in [9.17, 15) is 4.79 Å². The minimum Gasteiger partial charge on any atom is -0.289 e. The molecule has 0 aliphatic heterocycles. The van der Waals surface area contributed by atoms with Crippen LogP contribution in [0.15, 0.2) is 24.3 Å². The van der Waals surface area contributed by atoms with E-state index >= 15 is 0 Å². The zero-order chi connectivity index (χ0) is 10.4. The number of halogens is 1. The Balaban J connectivity index is 2.31. The summed E-state index contributed by atoms with van der Waals surface area (Å²) in [5.74, 6) is -0.348. The Morgan fingerprint density at radius 1 is 1.36 bits per heavy atom. The van der Waals surface area contributed by atoms with Gasteiger partial charge in [0.05, 0.1) is 0 Å². The summed E-state index contributed by atoms with van der Waals surface area (Å²) in [6, 6.07) is 7.50. The number of carbonyl (C=O) groups is 1. The van der Waals surface area contributed by atoms with Crippen LogP contribution in [-0.4, -0.2) is 11.1 Å². The molecule has 0 saturated carbocycles. The fourth-order valence-corrected chi connectivity index (χ4v) is 1.29. The topological polar surface area (TPSA) is 49.3 Å².